The Morgan fingerprint density at radius 2 is 2.39 bits per heavy atom. The lowest BCUT2D eigenvalue weighted by atomic mass is 10.0. The molecule has 0 aliphatic carbocycles. The molecule has 100 valence electrons. The van der Waals surface area contributed by atoms with Crippen molar-refractivity contribution in [1.82, 2.24) is 10.3 Å². The van der Waals surface area contributed by atoms with Crippen molar-refractivity contribution >= 4 is 0 Å². The van der Waals surface area contributed by atoms with Gasteiger partial charge in [0.1, 0.15) is 0 Å². The van der Waals surface area contributed by atoms with E-state index in [1.54, 1.807) is 0 Å². The fourth-order valence-electron chi connectivity index (χ4n) is 2.43. The summed E-state index contributed by atoms with van der Waals surface area (Å²) in [5.74, 6) is 0. The predicted octanol–water partition coefficient (Wildman–Crippen LogP) is 2.48. The lowest BCUT2D eigenvalue weighted by molar-refractivity contribution is 0.0781. The number of aromatic nitrogens is 1. The second-order valence-corrected chi connectivity index (χ2v) is 5.14. The summed E-state index contributed by atoms with van der Waals surface area (Å²) in [5, 5.41) is 3.61. The Morgan fingerprint density at radius 3 is 3.00 bits per heavy atom. The summed E-state index contributed by atoms with van der Waals surface area (Å²) in [4.78, 5) is 4.50. The molecule has 1 aromatic rings. The second kappa shape index (κ2) is 6.86. The van der Waals surface area contributed by atoms with E-state index in [1.807, 2.05) is 6.20 Å². The molecule has 0 saturated carbocycles. The zero-order valence-corrected chi connectivity index (χ0v) is 11.5. The van der Waals surface area contributed by atoms with E-state index in [0.29, 0.717) is 12.1 Å². The third-order valence-electron chi connectivity index (χ3n) is 3.47. The van der Waals surface area contributed by atoms with E-state index >= 15 is 0 Å². The number of hydrogen-bond acceptors (Lipinski definition) is 3. The lowest BCUT2D eigenvalue weighted by Crippen LogP contribution is -2.41. The van der Waals surface area contributed by atoms with Gasteiger partial charge in [0.05, 0.1) is 6.10 Å². The smallest absolute Gasteiger partial charge is 0.0732 e. The van der Waals surface area contributed by atoms with Crippen molar-refractivity contribution < 1.29 is 4.74 Å². The molecule has 2 unspecified atom stereocenters. The molecule has 0 bridgehead atoms. The van der Waals surface area contributed by atoms with Crippen LogP contribution in [0, 0.1) is 6.92 Å². The molecule has 2 atom stereocenters. The minimum Gasteiger partial charge on any atom is -0.377 e. The zero-order chi connectivity index (χ0) is 12.8. The summed E-state index contributed by atoms with van der Waals surface area (Å²) in [6.07, 6.45) is 6.79. The quantitative estimate of drug-likeness (QED) is 0.840. The molecule has 2 heterocycles. The van der Waals surface area contributed by atoms with Crippen molar-refractivity contribution in [2.75, 3.05) is 13.2 Å². The molecule has 1 aromatic heterocycles. The molecule has 0 aromatic carbocycles. The third-order valence-corrected chi connectivity index (χ3v) is 3.47. The van der Waals surface area contributed by atoms with Crippen LogP contribution >= 0.6 is 0 Å². The molecule has 3 nitrogen and oxygen atoms in total. The fourth-order valence-corrected chi connectivity index (χ4v) is 2.43. The third kappa shape index (κ3) is 3.79. The minimum absolute atomic E-state index is 0.361. The van der Waals surface area contributed by atoms with Gasteiger partial charge in [0.25, 0.3) is 0 Å². The number of nitrogens with one attached hydrogen (secondary N) is 1. The van der Waals surface area contributed by atoms with E-state index in [9.17, 15) is 0 Å². The van der Waals surface area contributed by atoms with Crippen molar-refractivity contribution in [2.24, 2.45) is 0 Å². The lowest BCUT2D eigenvalue weighted by Gasteiger charge is -2.24. The molecule has 1 fully saturated rings. The van der Waals surface area contributed by atoms with Gasteiger partial charge >= 0.3 is 0 Å². The fraction of sp³-hybridized carbons (Fsp3) is 0.667. The van der Waals surface area contributed by atoms with Gasteiger partial charge < -0.3 is 10.1 Å². The largest absolute Gasteiger partial charge is 0.377 e. The first-order chi connectivity index (χ1) is 8.79. The van der Waals surface area contributed by atoms with Gasteiger partial charge in [-0.05, 0) is 44.4 Å². The first kappa shape index (κ1) is 13.5. The van der Waals surface area contributed by atoms with Crippen LogP contribution in [0.4, 0.5) is 0 Å². The topological polar surface area (TPSA) is 34.2 Å². The van der Waals surface area contributed by atoms with Crippen LogP contribution in [0.2, 0.25) is 0 Å². The van der Waals surface area contributed by atoms with Crippen molar-refractivity contribution in [3.63, 3.8) is 0 Å². The van der Waals surface area contributed by atoms with Crippen LogP contribution in [-0.2, 0) is 11.2 Å². The van der Waals surface area contributed by atoms with Crippen molar-refractivity contribution in [3.8, 4) is 0 Å². The molecule has 1 N–H and O–H groups in total. The second-order valence-electron chi connectivity index (χ2n) is 5.14. The van der Waals surface area contributed by atoms with Gasteiger partial charge in [-0.3, -0.25) is 4.98 Å². The maximum atomic E-state index is 5.82. The van der Waals surface area contributed by atoms with Crippen molar-refractivity contribution in [2.45, 2.75) is 51.7 Å². The molecular weight excluding hydrogens is 224 g/mol. The summed E-state index contributed by atoms with van der Waals surface area (Å²) in [6.45, 7) is 6.24. The van der Waals surface area contributed by atoms with Crippen LogP contribution < -0.4 is 5.32 Å². The average Bonchev–Trinajstić information content (AvgIpc) is 2.90. The Hall–Kier alpha value is -0.930. The van der Waals surface area contributed by atoms with Crippen molar-refractivity contribution in [3.05, 3.63) is 29.6 Å². The number of aryl methyl sites for hydroxylation is 1. The van der Waals surface area contributed by atoms with Gasteiger partial charge in [0, 0.05) is 31.0 Å². The van der Waals surface area contributed by atoms with Gasteiger partial charge in [0.2, 0.25) is 0 Å². The Labute approximate surface area is 110 Å². The van der Waals surface area contributed by atoms with Gasteiger partial charge in [0.15, 0.2) is 0 Å². The van der Waals surface area contributed by atoms with E-state index in [2.05, 4.69) is 36.3 Å². The van der Waals surface area contributed by atoms with Gasteiger partial charge in [-0.2, -0.15) is 0 Å². The SMILES string of the molecule is CCCNC(Cc1ccc(C)cn1)C1CCCO1. The molecule has 0 amide bonds. The number of hydrogen-bond donors (Lipinski definition) is 1. The maximum absolute atomic E-state index is 5.82. The van der Waals surface area contributed by atoms with Crippen LogP contribution in [0.3, 0.4) is 0 Å². The van der Waals surface area contributed by atoms with E-state index in [-0.39, 0.29) is 0 Å². The summed E-state index contributed by atoms with van der Waals surface area (Å²) in [5.41, 5.74) is 2.37. The molecule has 2 rings (SSSR count). The highest BCUT2D eigenvalue weighted by Gasteiger charge is 2.25. The molecular formula is C15H24N2O. The Balaban J connectivity index is 1.97. The summed E-state index contributed by atoms with van der Waals surface area (Å²) < 4.78 is 5.82. The van der Waals surface area contributed by atoms with Gasteiger partial charge in [-0.15, -0.1) is 0 Å². The monoisotopic (exact) mass is 248 g/mol. The van der Waals surface area contributed by atoms with E-state index < -0.39 is 0 Å². The first-order valence-electron chi connectivity index (χ1n) is 7.06. The molecule has 18 heavy (non-hydrogen) atoms. The number of ether oxygens (including phenoxy) is 1. The van der Waals surface area contributed by atoms with Gasteiger partial charge in [-0.1, -0.05) is 13.0 Å². The normalized spacial score (nSPS) is 21.1. The van der Waals surface area contributed by atoms with E-state index in [4.69, 9.17) is 4.74 Å². The van der Waals surface area contributed by atoms with Crippen LogP contribution in [0.5, 0.6) is 0 Å². The predicted molar refractivity (Wildman–Crippen MR) is 73.7 cm³/mol. The Morgan fingerprint density at radius 1 is 1.50 bits per heavy atom. The molecule has 1 aliphatic rings. The van der Waals surface area contributed by atoms with E-state index in [0.717, 1.165) is 31.7 Å². The minimum atomic E-state index is 0.361. The maximum Gasteiger partial charge on any atom is 0.0732 e. The van der Waals surface area contributed by atoms with E-state index in [1.165, 1.54) is 18.4 Å². The van der Waals surface area contributed by atoms with Gasteiger partial charge in [-0.25, -0.2) is 0 Å². The highest BCUT2D eigenvalue weighted by atomic mass is 16.5. The molecule has 3 heteroatoms. The first-order valence-corrected chi connectivity index (χ1v) is 7.06. The highest BCUT2D eigenvalue weighted by Crippen LogP contribution is 2.18. The van der Waals surface area contributed by atoms with Crippen LogP contribution in [0.15, 0.2) is 18.3 Å². The number of rotatable bonds is 6. The van der Waals surface area contributed by atoms with Crippen LogP contribution in [0.25, 0.3) is 0 Å². The number of pyridine rings is 1. The number of nitrogens with zero attached hydrogens (tertiary/aromatic N) is 1. The molecule has 0 radical (unpaired) electrons. The summed E-state index contributed by atoms with van der Waals surface area (Å²) in [7, 11) is 0. The summed E-state index contributed by atoms with van der Waals surface area (Å²) >= 11 is 0. The molecule has 0 spiro atoms. The van der Waals surface area contributed by atoms with Crippen LogP contribution in [0.1, 0.15) is 37.4 Å². The van der Waals surface area contributed by atoms with Crippen molar-refractivity contribution in [1.29, 1.82) is 0 Å². The zero-order valence-electron chi connectivity index (χ0n) is 11.5. The standard InChI is InChI=1S/C15H24N2O/c1-3-8-16-14(15-5-4-9-18-15)10-13-7-6-12(2)11-17-13/h6-7,11,14-16H,3-5,8-10H2,1-2H3. The summed E-state index contributed by atoms with van der Waals surface area (Å²) in [6, 6.07) is 4.67. The average molecular weight is 248 g/mol. The molecule has 1 saturated heterocycles. The Kier molecular flexibility index (Phi) is 5.14. The highest BCUT2D eigenvalue weighted by molar-refractivity contribution is 5.13. The van der Waals surface area contributed by atoms with Crippen LogP contribution in [-0.4, -0.2) is 30.3 Å². The molecule has 1 aliphatic heterocycles. The Bertz CT molecular complexity index is 344.